The lowest BCUT2D eigenvalue weighted by Gasteiger charge is -2.16. The van der Waals surface area contributed by atoms with Crippen molar-refractivity contribution < 1.29 is 10.2 Å². The number of aromatic nitrogens is 1. The minimum Gasteiger partial charge on any atom is -0.390 e. The number of halogens is 1. The van der Waals surface area contributed by atoms with E-state index in [-0.39, 0.29) is 0 Å². The van der Waals surface area contributed by atoms with Crippen molar-refractivity contribution in [2.45, 2.75) is 18.6 Å². The first-order chi connectivity index (χ1) is 7.19. The molecule has 5 heteroatoms. The van der Waals surface area contributed by atoms with E-state index in [1.807, 2.05) is 6.07 Å². The topological polar surface area (TPSA) is 77.1 Å². The van der Waals surface area contributed by atoms with Crippen LogP contribution in [0.5, 0.6) is 0 Å². The van der Waals surface area contributed by atoms with Crippen LogP contribution in [0.15, 0.2) is 18.5 Å². The Morgan fingerprint density at radius 3 is 2.80 bits per heavy atom. The van der Waals surface area contributed by atoms with Crippen LogP contribution in [0.1, 0.15) is 23.7 Å². The fraction of sp³-hybridized carbons (Fsp3) is 0.400. The molecule has 0 aliphatic rings. The van der Waals surface area contributed by atoms with Gasteiger partial charge in [0.15, 0.2) is 0 Å². The third kappa shape index (κ3) is 3.27. The number of nitrogens with zero attached hydrogens (tertiary/aromatic N) is 2. The molecule has 2 atom stereocenters. The Labute approximate surface area is 96.3 Å². The van der Waals surface area contributed by atoms with Crippen LogP contribution in [0.4, 0.5) is 0 Å². The maximum Gasteiger partial charge on any atom is 0.106 e. The van der Waals surface area contributed by atoms with Crippen molar-refractivity contribution >= 4 is 15.9 Å². The highest BCUT2D eigenvalue weighted by atomic mass is 79.9. The molecule has 0 bridgehead atoms. The number of rotatable bonds is 4. The first-order valence-corrected chi connectivity index (χ1v) is 5.58. The monoisotopic (exact) mass is 270 g/mol. The lowest BCUT2D eigenvalue weighted by Crippen LogP contribution is -2.18. The molecule has 0 aliphatic heterocycles. The van der Waals surface area contributed by atoms with Crippen molar-refractivity contribution in [3.05, 3.63) is 29.6 Å². The molecule has 1 aromatic heterocycles. The molecule has 2 unspecified atom stereocenters. The Hall–Kier alpha value is -0.960. The molecule has 0 radical (unpaired) electrons. The van der Waals surface area contributed by atoms with Crippen LogP contribution in [0.2, 0.25) is 0 Å². The van der Waals surface area contributed by atoms with Crippen molar-refractivity contribution in [3.8, 4) is 6.07 Å². The molecule has 0 aliphatic carbocycles. The van der Waals surface area contributed by atoms with E-state index in [1.165, 1.54) is 18.5 Å². The quantitative estimate of drug-likeness (QED) is 0.805. The van der Waals surface area contributed by atoms with Crippen LogP contribution in [0.3, 0.4) is 0 Å². The Morgan fingerprint density at radius 1 is 1.47 bits per heavy atom. The molecule has 4 nitrogen and oxygen atoms in total. The highest BCUT2D eigenvalue weighted by Gasteiger charge is 2.18. The zero-order chi connectivity index (χ0) is 11.3. The molecular weight excluding hydrogens is 260 g/mol. The summed E-state index contributed by atoms with van der Waals surface area (Å²) in [5.41, 5.74) is 0.833. The summed E-state index contributed by atoms with van der Waals surface area (Å²) in [7, 11) is 0. The second-order valence-electron chi connectivity index (χ2n) is 3.11. The maximum atomic E-state index is 9.72. The van der Waals surface area contributed by atoms with Gasteiger partial charge < -0.3 is 10.2 Å². The van der Waals surface area contributed by atoms with Gasteiger partial charge in [0.25, 0.3) is 0 Å². The predicted molar refractivity (Wildman–Crippen MR) is 58.3 cm³/mol. The van der Waals surface area contributed by atoms with Gasteiger partial charge in [-0.3, -0.25) is 4.98 Å². The molecule has 1 heterocycles. The summed E-state index contributed by atoms with van der Waals surface area (Å²) in [5, 5.41) is 28.5. The van der Waals surface area contributed by atoms with E-state index < -0.39 is 12.2 Å². The molecule has 1 rings (SSSR count). The minimum absolute atomic E-state index is 0.373. The average molecular weight is 271 g/mol. The van der Waals surface area contributed by atoms with Gasteiger partial charge in [0.2, 0.25) is 0 Å². The molecular formula is C10H11BrN2O2. The van der Waals surface area contributed by atoms with Crippen LogP contribution < -0.4 is 0 Å². The molecule has 15 heavy (non-hydrogen) atoms. The van der Waals surface area contributed by atoms with Gasteiger partial charge in [0, 0.05) is 23.3 Å². The third-order valence-corrected chi connectivity index (χ3v) is 2.46. The number of aliphatic hydroxyl groups excluding tert-OH is 2. The first kappa shape index (κ1) is 12.1. The van der Waals surface area contributed by atoms with Crippen LogP contribution in [0, 0.1) is 11.3 Å². The van der Waals surface area contributed by atoms with E-state index in [2.05, 4.69) is 20.9 Å². The standard InChI is InChI=1S/C10H11BrN2O2/c11-2-1-9(14)10(15)8-3-7(4-12)5-13-6-8/h3,5-6,9-10,14-15H,1-2H2. The zero-order valence-electron chi connectivity index (χ0n) is 7.97. The van der Waals surface area contributed by atoms with Crippen LogP contribution in [-0.2, 0) is 0 Å². The second kappa shape index (κ2) is 5.81. The lowest BCUT2D eigenvalue weighted by molar-refractivity contribution is 0.0171. The Morgan fingerprint density at radius 2 is 2.20 bits per heavy atom. The van der Waals surface area contributed by atoms with E-state index in [1.54, 1.807) is 0 Å². The Balaban J connectivity index is 2.82. The summed E-state index contributed by atoms with van der Waals surface area (Å²) in [4.78, 5) is 3.81. The van der Waals surface area contributed by atoms with Crippen LogP contribution >= 0.6 is 15.9 Å². The Bertz CT molecular complexity index is 365. The second-order valence-corrected chi connectivity index (χ2v) is 3.90. The Kier molecular flexibility index (Phi) is 4.69. The van der Waals surface area contributed by atoms with Crippen LogP contribution in [-0.4, -0.2) is 26.6 Å². The van der Waals surface area contributed by atoms with Gasteiger partial charge in [-0.15, -0.1) is 0 Å². The average Bonchev–Trinajstić information content (AvgIpc) is 2.28. The highest BCUT2D eigenvalue weighted by molar-refractivity contribution is 9.09. The van der Waals surface area contributed by atoms with Gasteiger partial charge in [0.1, 0.15) is 12.2 Å². The van der Waals surface area contributed by atoms with Gasteiger partial charge in [0.05, 0.1) is 11.7 Å². The number of hydrogen-bond donors (Lipinski definition) is 2. The molecule has 80 valence electrons. The number of aliphatic hydroxyl groups is 2. The largest absolute Gasteiger partial charge is 0.390 e. The fourth-order valence-electron chi connectivity index (χ4n) is 1.17. The van der Waals surface area contributed by atoms with Gasteiger partial charge in [-0.05, 0) is 12.5 Å². The van der Waals surface area contributed by atoms with Crippen molar-refractivity contribution in [3.63, 3.8) is 0 Å². The lowest BCUT2D eigenvalue weighted by atomic mass is 10.0. The first-order valence-electron chi connectivity index (χ1n) is 4.46. The summed E-state index contributed by atoms with van der Waals surface area (Å²) in [5.74, 6) is 0. The summed E-state index contributed by atoms with van der Waals surface area (Å²) < 4.78 is 0. The van der Waals surface area contributed by atoms with Gasteiger partial charge in [-0.25, -0.2) is 0 Å². The van der Waals surface area contributed by atoms with Crippen molar-refractivity contribution in [2.24, 2.45) is 0 Å². The summed E-state index contributed by atoms with van der Waals surface area (Å²) in [6.45, 7) is 0. The van der Waals surface area contributed by atoms with Gasteiger partial charge in [-0.2, -0.15) is 5.26 Å². The molecule has 0 spiro atoms. The summed E-state index contributed by atoms with van der Waals surface area (Å²) >= 11 is 3.18. The molecule has 0 saturated carbocycles. The van der Waals surface area contributed by atoms with E-state index in [0.29, 0.717) is 22.9 Å². The normalized spacial score (nSPS) is 14.3. The third-order valence-electron chi connectivity index (χ3n) is 2.00. The molecule has 2 N–H and O–H groups in total. The molecule has 0 fully saturated rings. The number of pyridine rings is 1. The maximum absolute atomic E-state index is 9.72. The van der Waals surface area contributed by atoms with E-state index in [9.17, 15) is 10.2 Å². The SMILES string of the molecule is N#Cc1cncc(C(O)C(O)CCBr)c1. The fourth-order valence-corrected chi connectivity index (χ4v) is 1.64. The summed E-state index contributed by atoms with van der Waals surface area (Å²) in [6.07, 6.45) is 1.46. The van der Waals surface area contributed by atoms with Gasteiger partial charge >= 0.3 is 0 Å². The van der Waals surface area contributed by atoms with Crippen molar-refractivity contribution in [2.75, 3.05) is 5.33 Å². The molecule has 0 saturated heterocycles. The van der Waals surface area contributed by atoms with E-state index >= 15 is 0 Å². The smallest absolute Gasteiger partial charge is 0.106 e. The van der Waals surface area contributed by atoms with Gasteiger partial charge in [-0.1, -0.05) is 15.9 Å². The number of hydrogen-bond acceptors (Lipinski definition) is 4. The number of nitriles is 1. The molecule has 0 aromatic carbocycles. The molecule has 0 amide bonds. The van der Waals surface area contributed by atoms with E-state index in [4.69, 9.17) is 5.26 Å². The van der Waals surface area contributed by atoms with E-state index in [0.717, 1.165) is 0 Å². The van der Waals surface area contributed by atoms with Crippen LogP contribution in [0.25, 0.3) is 0 Å². The van der Waals surface area contributed by atoms with Crippen molar-refractivity contribution in [1.29, 1.82) is 5.26 Å². The highest BCUT2D eigenvalue weighted by Crippen LogP contribution is 2.19. The predicted octanol–water partition coefficient (Wildman–Crippen LogP) is 1.13. The summed E-state index contributed by atoms with van der Waals surface area (Å²) in [6, 6.07) is 3.45. The molecule has 1 aromatic rings. The number of alkyl halides is 1. The zero-order valence-corrected chi connectivity index (χ0v) is 9.55. The minimum atomic E-state index is -0.997. The van der Waals surface area contributed by atoms with Crippen molar-refractivity contribution in [1.82, 2.24) is 4.98 Å².